The van der Waals surface area contributed by atoms with Gasteiger partial charge in [-0.05, 0) is 23.8 Å². The first kappa shape index (κ1) is 18.5. The van der Waals surface area contributed by atoms with Crippen LogP contribution in [0, 0.1) is 5.82 Å². The van der Waals surface area contributed by atoms with Gasteiger partial charge in [0.2, 0.25) is 5.82 Å². The summed E-state index contributed by atoms with van der Waals surface area (Å²) in [6.45, 7) is 0.142. The lowest BCUT2D eigenvalue weighted by atomic mass is 10.2. The van der Waals surface area contributed by atoms with E-state index in [9.17, 15) is 14.0 Å². The van der Waals surface area contributed by atoms with Crippen LogP contribution in [-0.2, 0) is 11.3 Å². The number of carbonyl (C=O) groups excluding carboxylic acids is 2. The third kappa shape index (κ3) is 3.88. The molecule has 4 rings (SSSR count). The van der Waals surface area contributed by atoms with Crippen LogP contribution in [0.3, 0.4) is 0 Å². The fourth-order valence-electron chi connectivity index (χ4n) is 2.86. The summed E-state index contributed by atoms with van der Waals surface area (Å²) in [6, 6.07) is 3.78. The SMILES string of the molecule is CN1C(=O)[C@@H](NC(=O)c2ncn(Cc3cncc(F)c3)n2)COc2cccnc21. The zero-order chi connectivity index (χ0) is 20.4. The molecule has 1 N–H and O–H groups in total. The molecule has 0 radical (unpaired) electrons. The van der Waals surface area contributed by atoms with Gasteiger partial charge in [-0.25, -0.2) is 19.0 Å². The Bertz CT molecular complexity index is 1070. The molecule has 0 aliphatic carbocycles. The summed E-state index contributed by atoms with van der Waals surface area (Å²) >= 11 is 0. The molecular formula is C18H16FN7O3. The molecule has 0 aromatic carbocycles. The quantitative estimate of drug-likeness (QED) is 0.678. The van der Waals surface area contributed by atoms with Gasteiger partial charge < -0.3 is 10.1 Å². The third-order valence-electron chi connectivity index (χ3n) is 4.25. The van der Waals surface area contributed by atoms with Crippen molar-refractivity contribution in [3.8, 4) is 5.75 Å². The molecule has 148 valence electrons. The van der Waals surface area contributed by atoms with Gasteiger partial charge in [-0.2, -0.15) is 0 Å². The number of hydrogen-bond donors (Lipinski definition) is 1. The smallest absolute Gasteiger partial charge is 0.291 e. The predicted molar refractivity (Wildman–Crippen MR) is 97.7 cm³/mol. The van der Waals surface area contributed by atoms with Crippen molar-refractivity contribution in [3.63, 3.8) is 0 Å². The summed E-state index contributed by atoms with van der Waals surface area (Å²) in [4.78, 5) is 38.4. The standard InChI is InChI=1S/C18H16FN7O3/c1-25-16-14(3-2-4-21-16)29-9-13(18(25)28)23-17(27)15-22-10-26(24-15)8-11-5-12(19)7-20-6-11/h2-7,10,13H,8-9H2,1H3,(H,23,27)/t13-/m0/s1. The monoisotopic (exact) mass is 397 g/mol. The Morgan fingerprint density at radius 2 is 2.24 bits per heavy atom. The van der Waals surface area contributed by atoms with Gasteiger partial charge in [-0.15, -0.1) is 5.10 Å². The number of halogens is 1. The van der Waals surface area contributed by atoms with Crippen molar-refractivity contribution in [3.05, 3.63) is 60.3 Å². The van der Waals surface area contributed by atoms with E-state index in [4.69, 9.17) is 4.74 Å². The highest BCUT2D eigenvalue weighted by atomic mass is 19.1. The van der Waals surface area contributed by atoms with E-state index in [2.05, 4.69) is 25.4 Å². The highest BCUT2D eigenvalue weighted by Crippen LogP contribution is 2.27. The summed E-state index contributed by atoms with van der Waals surface area (Å²) in [6.07, 6.45) is 5.49. The van der Waals surface area contributed by atoms with Gasteiger partial charge >= 0.3 is 0 Å². The van der Waals surface area contributed by atoms with E-state index < -0.39 is 17.8 Å². The summed E-state index contributed by atoms with van der Waals surface area (Å²) in [5.74, 6) is -0.764. The van der Waals surface area contributed by atoms with Gasteiger partial charge in [0.15, 0.2) is 11.6 Å². The lowest BCUT2D eigenvalue weighted by Gasteiger charge is -2.18. The number of ether oxygens (including phenoxy) is 1. The molecule has 1 aliphatic heterocycles. The van der Waals surface area contributed by atoms with Crippen molar-refractivity contribution in [2.45, 2.75) is 12.6 Å². The Kier molecular flexibility index (Phi) is 4.85. The normalized spacial score (nSPS) is 16.0. The van der Waals surface area contributed by atoms with Crippen LogP contribution in [0.5, 0.6) is 5.75 Å². The largest absolute Gasteiger partial charge is 0.487 e. The van der Waals surface area contributed by atoms with Crippen LogP contribution in [-0.4, -0.2) is 56.2 Å². The Morgan fingerprint density at radius 1 is 1.38 bits per heavy atom. The van der Waals surface area contributed by atoms with Crippen molar-refractivity contribution >= 4 is 17.6 Å². The molecule has 4 heterocycles. The first-order valence-corrected chi connectivity index (χ1v) is 8.66. The van der Waals surface area contributed by atoms with E-state index >= 15 is 0 Å². The number of nitrogens with zero attached hydrogens (tertiary/aromatic N) is 6. The molecule has 0 saturated heterocycles. The average Bonchev–Trinajstić information content (AvgIpc) is 3.14. The highest BCUT2D eigenvalue weighted by molar-refractivity contribution is 6.01. The van der Waals surface area contributed by atoms with E-state index in [0.29, 0.717) is 17.1 Å². The zero-order valence-electron chi connectivity index (χ0n) is 15.3. The first-order valence-electron chi connectivity index (χ1n) is 8.66. The van der Waals surface area contributed by atoms with Crippen molar-refractivity contribution in [1.29, 1.82) is 0 Å². The number of hydrogen-bond acceptors (Lipinski definition) is 7. The fraction of sp³-hybridized carbons (Fsp3) is 0.222. The second-order valence-corrected chi connectivity index (χ2v) is 6.34. The van der Waals surface area contributed by atoms with Crippen LogP contribution in [0.2, 0.25) is 0 Å². The molecule has 1 aliphatic rings. The zero-order valence-corrected chi connectivity index (χ0v) is 15.3. The van der Waals surface area contributed by atoms with Gasteiger partial charge in [0.25, 0.3) is 11.8 Å². The van der Waals surface area contributed by atoms with Gasteiger partial charge in [-0.1, -0.05) is 0 Å². The molecule has 3 aromatic heterocycles. The van der Waals surface area contributed by atoms with Gasteiger partial charge in [0.1, 0.15) is 24.8 Å². The highest BCUT2D eigenvalue weighted by Gasteiger charge is 2.32. The van der Waals surface area contributed by atoms with E-state index in [-0.39, 0.29) is 24.9 Å². The number of fused-ring (bicyclic) bond motifs is 1. The lowest BCUT2D eigenvalue weighted by Crippen LogP contribution is -2.49. The van der Waals surface area contributed by atoms with E-state index in [0.717, 1.165) is 6.20 Å². The van der Waals surface area contributed by atoms with Crippen LogP contribution >= 0.6 is 0 Å². The van der Waals surface area contributed by atoms with Crippen LogP contribution in [0.25, 0.3) is 0 Å². The maximum Gasteiger partial charge on any atom is 0.291 e. The lowest BCUT2D eigenvalue weighted by molar-refractivity contribution is -0.120. The molecule has 0 saturated carbocycles. The molecule has 1 atom stereocenters. The minimum atomic E-state index is -0.930. The fourth-order valence-corrected chi connectivity index (χ4v) is 2.86. The van der Waals surface area contributed by atoms with Crippen molar-refractivity contribution in [2.75, 3.05) is 18.6 Å². The third-order valence-corrected chi connectivity index (χ3v) is 4.25. The Hall–Kier alpha value is -3.89. The summed E-state index contributed by atoms with van der Waals surface area (Å²) in [5.41, 5.74) is 0.570. The maximum absolute atomic E-state index is 13.2. The number of likely N-dealkylation sites (N-methyl/N-ethyl adjacent to an activating group) is 1. The van der Waals surface area contributed by atoms with Crippen LogP contribution in [0.4, 0.5) is 10.2 Å². The number of rotatable bonds is 4. The molecule has 2 amide bonds. The molecule has 0 unspecified atom stereocenters. The van der Waals surface area contributed by atoms with Gasteiger partial charge in [0, 0.05) is 19.4 Å². The molecule has 29 heavy (non-hydrogen) atoms. The number of aromatic nitrogens is 5. The Labute approximate surface area is 164 Å². The average molecular weight is 397 g/mol. The summed E-state index contributed by atoms with van der Waals surface area (Å²) < 4.78 is 20.2. The molecule has 0 bridgehead atoms. The molecule has 3 aromatic rings. The molecule has 0 fully saturated rings. The van der Waals surface area contributed by atoms with E-state index in [1.807, 2.05) is 0 Å². The minimum absolute atomic E-state index is 0.0523. The summed E-state index contributed by atoms with van der Waals surface area (Å²) in [5, 5.41) is 6.66. The first-order chi connectivity index (χ1) is 14.0. The Balaban J connectivity index is 1.44. The second kappa shape index (κ2) is 7.62. The number of anilines is 1. The molecule has 0 spiro atoms. The number of pyridine rings is 2. The van der Waals surface area contributed by atoms with Gasteiger partial charge in [0.05, 0.1) is 12.7 Å². The van der Waals surface area contributed by atoms with Crippen LogP contribution in [0.15, 0.2) is 43.1 Å². The maximum atomic E-state index is 13.2. The van der Waals surface area contributed by atoms with Crippen LogP contribution in [0.1, 0.15) is 16.2 Å². The number of carbonyl (C=O) groups is 2. The van der Waals surface area contributed by atoms with Crippen molar-refractivity contribution in [2.24, 2.45) is 0 Å². The van der Waals surface area contributed by atoms with Gasteiger partial charge in [-0.3, -0.25) is 19.5 Å². The van der Waals surface area contributed by atoms with Crippen molar-refractivity contribution in [1.82, 2.24) is 30.0 Å². The Morgan fingerprint density at radius 3 is 3.07 bits per heavy atom. The number of nitrogens with one attached hydrogen (secondary N) is 1. The molecule has 10 nitrogen and oxygen atoms in total. The molecule has 11 heteroatoms. The number of amides is 2. The topological polar surface area (TPSA) is 115 Å². The summed E-state index contributed by atoms with van der Waals surface area (Å²) in [7, 11) is 1.56. The van der Waals surface area contributed by atoms with Crippen molar-refractivity contribution < 1.29 is 18.7 Å². The molecular weight excluding hydrogens is 381 g/mol. The van der Waals surface area contributed by atoms with E-state index in [1.54, 1.807) is 25.4 Å². The minimum Gasteiger partial charge on any atom is -0.487 e. The second-order valence-electron chi connectivity index (χ2n) is 6.34. The predicted octanol–water partition coefficient (Wildman–Crippen LogP) is 0.409. The van der Waals surface area contributed by atoms with E-state index in [1.165, 1.54) is 28.2 Å². The van der Waals surface area contributed by atoms with Crippen LogP contribution < -0.4 is 15.0 Å².